The zero-order chi connectivity index (χ0) is 13.5. The summed E-state index contributed by atoms with van der Waals surface area (Å²) in [5.41, 5.74) is 2.13. The summed E-state index contributed by atoms with van der Waals surface area (Å²) in [6.07, 6.45) is 0.210. The molecule has 1 rings (SSSR count). The Balaban J connectivity index is 2.83. The van der Waals surface area contributed by atoms with Crippen LogP contribution in [0.25, 0.3) is 0 Å². The topological polar surface area (TPSA) is 103 Å². The maximum atomic E-state index is 10.9. The molecule has 0 bridgehead atoms. The molecule has 0 aromatic heterocycles. The van der Waals surface area contributed by atoms with Crippen molar-refractivity contribution in [2.24, 2.45) is 0 Å². The average molecular weight is 252 g/mol. The third-order valence-corrected chi connectivity index (χ3v) is 2.34. The van der Waals surface area contributed by atoms with Gasteiger partial charge in [0.05, 0.1) is 0 Å². The van der Waals surface area contributed by atoms with E-state index in [0.717, 1.165) is 0 Å². The van der Waals surface area contributed by atoms with Crippen molar-refractivity contribution < 1.29 is 19.8 Å². The van der Waals surface area contributed by atoms with E-state index in [0.29, 0.717) is 24.2 Å². The van der Waals surface area contributed by atoms with Crippen LogP contribution in [-0.4, -0.2) is 28.2 Å². The van der Waals surface area contributed by atoms with Gasteiger partial charge in [-0.15, -0.1) is 0 Å². The van der Waals surface area contributed by atoms with E-state index in [4.69, 9.17) is 20.5 Å². The number of hydrogen-bond acceptors (Lipinski definition) is 4. The summed E-state index contributed by atoms with van der Waals surface area (Å²) in [4.78, 5) is 10.9. The molecule has 1 aromatic rings. The molecule has 4 N–H and O–H groups in total. The molecule has 0 aliphatic carbocycles. The van der Waals surface area contributed by atoms with Crippen LogP contribution >= 0.6 is 0 Å². The molecule has 0 saturated heterocycles. The summed E-state index contributed by atoms with van der Waals surface area (Å²) in [5.74, 6) is -0.839. The highest BCUT2D eigenvalue weighted by atomic mass is 16.5. The van der Waals surface area contributed by atoms with Gasteiger partial charge < -0.3 is 9.84 Å². The van der Waals surface area contributed by atoms with Gasteiger partial charge in [0.25, 0.3) is 0 Å². The summed E-state index contributed by atoms with van der Waals surface area (Å²) < 4.78 is 5.35. The number of carbonyl (C=O) groups is 1. The van der Waals surface area contributed by atoms with Crippen molar-refractivity contribution >= 4 is 11.8 Å². The van der Waals surface area contributed by atoms with Gasteiger partial charge in [-0.3, -0.25) is 16.1 Å². The van der Waals surface area contributed by atoms with Crippen molar-refractivity contribution in [3.05, 3.63) is 29.8 Å². The van der Waals surface area contributed by atoms with Crippen LogP contribution in [0.15, 0.2) is 24.3 Å². The van der Waals surface area contributed by atoms with E-state index >= 15 is 0 Å². The number of amidine groups is 1. The lowest BCUT2D eigenvalue weighted by Gasteiger charge is -2.14. The van der Waals surface area contributed by atoms with E-state index in [2.05, 4.69) is 0 Å². The number of rotatable bonds is 6. The highest BCUT2D eigenvalue weighted by molar-refractivity contribution is 5.95. The fraction of sp³-hybridized carbons (Fsp3) is 0.333. The van der Waals surface area contributed by atoms with Crippen molar-refractivity contribution in [3.8, 4) is 5.75 Å². The second kappa shape index (κ2) is 6.61. The lowest BCUT2D eigenvalue weighted by molar-refractivity contribution is -0.145. The molecule has 0 spiro atoms. The molecule has 0 heterocycles. The molecule has 18 heavy (non-hydrogen) atoms. The quantitative estimate of drug-likeness (QED) is 0.350. The third-order valence-electron chi connectivity index (χ3n) is 2.34. The van der Waals surface area contributed by atoms with Crippen LogP contribution in [0.5, 0.6) is 5.75 Å². The molecule has 0 amide bonds. The maximum absolute atomic E-state index is 10.9. The second-order valence-corrected chi connectivity index (χ2v) is 3.75. The number of nitrogens with one attached hydrogen (secondary N) is 2. The van der Waals surface area contributed by atoms with E-state index in [1.165, 1.54) is 6.07 Å². The predicted molar refractivity (Wildman–Crippen MR) is 65.2 cm³/mol. The van der Waals surface area contributed by atoms with E-state index in [9.17, 15) is 4.79 Å². The number of benzene rings is 1. The van der Waals surface area contributed by atoms with Crippen LogP contribution < -0.4 is 10.2 Å². The molecule has 6 heteroatoms. The standard InChI is InChI=1S/C12H16N2O4/c1-2-4-10(12(15)16)18-9-6-3-5-8(7-9)11(13)14-17/h3,5-7,10,17H,2,4H2,1H3,(H2,13,14)(H,15,16). The van der Waals surface area contributed by atoms with E-state index < -0.39 is 12.1 Å². The molecule has 0 radical (unpaired) electrons. The fourth-order valence-corrected chi connectivity index (χ4v) is 1.45. The van der Waals surface area contributed by atoms with Crippen LogP contribution in [-0.2, 0) is 4.79 Å². The van der Waals surface area contributed by atoms with Gasteiger partial charge >= 0.3 is 5.97 Å². The highest BCUT2D eigenvalue weighted by Gasteiger charge is 2.18. The first kappa shape index (κ1) is 14.0. The smallest absolute Gasteiger partial charge is 0.344 e. The molecule has 1 aromatic carbocycles. The van der Waals surface area contributed by atoms with Gasteiger partial charge in [-0.1, -0.05) is 25.5 Å². The van der Waals surface area contributed by atoms with E-state index in [1.54, 1.807) is 23.7 Å². The van der Waals surface area contributed by atoms with Crippen molar-refractivity contribution in [1.82, 2.24) is 5.48 Å². The summed E-state index contributed by atoms with van der Waals surface area (Å²) in [5, 5.41) is 25.0. The summed E-state index contributed by atoms with van der Waals surface area (Å²) in [6.45, 7) is 1.88. The van der Waals surface area contributed by atoms with Gasteiger partial charge in [-0.2, -0.15) is 0 Å². The van der Waals surface area contributed by atoms with Gasteiger partial charge in [-0.25, -0.2) is 4.79 Å². The van der Waals surface area contributed by atoms with Crippen LogP contribution in [0.1, 0.15) is 25.3 Å². The molecule has 1 unspecified atom stereocenters. The van der Waals surface area contributed by atoms with Gasteiger partial charge in [0.2, 0.25) is 0 Å². The second-order valence-electron chi connectivity index (χ2n) is 3.75. The fourth-order valence-electron chi connectivity index (χ4n) is 1.45. The molecule has 0 fully saturated rings. The lowest BCUT2D eigenvalue weighted by atomic mass is 10.2. The molecular formula is C12H16N2O4. The van der Waals surface area contributed by atoms with Gasteiger partial charge in [-0.05, 0) is 18.6 Å². The molecular weight excluding hydrogens is 236 g/mol. The van der Waals surface area contributed by atoms with Crippen molar-refractivity contribution in [1.29, 1.82) is 5.41 Å². The normalized spacial score (nSPS) is 11.7. The monoisotopic (exact) mass is 252 g/mol. The summed E-state index contributed by atoms with van der Waals surface area (Å²) in [7, 11) is 0. The minimum Gasteiger partial charge on any atom is -0.479 e. The van der Waals surface area contributed by atoms with Crippen LogP contribution in [0.3, 0.4) is 0 Å². The Morgan fingerprint density at radius 1 is 1.56 bits per heavy atom. The molecule has 0 aliphatic heterocycles. The molecule has 98 valence electrons. The Bertz CT molecular complexity index is 434. The number of aliphatic carboxylic acids is 1. The average Bonchev–Trinajstić information content (AvgIpc) is 2.37. The first-order valence-corrected chi connectivity index (χ1v) is 5.57. The Hall–Kier alpha value is -2.08. The zero-order valence-corrected chi connectivity index (χ0v) is 10.0. The minimum absolute atomic E-state index is 0.178. The Labute approximate surface area is 105 Å². The Morgan fingerprint density at radius 2 is 2.28 bits per heavy atom. The summed E-state index contributed by atoms with van der Waals surface area (Å²) in [6, 6.07) is 6.34. The van der Waals surface area contributed by atoms with Crippen LogP contribution in [0, 0.1) is 5.41 Å². The Morgan fingerprint density at radius 3 is 2.83 bits per heavy atom. The number of ether oxygens (including phenoxy) is 1. The van der Waals surface area contributed by atoms with Crippen LogP contribution in [0.4, 0.5) is 0 Å². The lowest BCUT2D eigenvalue weighted by Crippen LogP contribution is -2.27. The number of hydroxylamine groups is 1. The van der Waals surface area contributed by atoms with Crippen LogP contribution in [0.2, 0.25) is 0 Å². The van der Waals surface area contributed by atoms with Gasteiger partial charge in [0.1, 0.15) is 11.6 Å². The Kier molecular flexibility index (Phi) is 5.13. The van der Waals surface area contributed by atoms with Gasteiger partial charge in [0.15, 0.2) is 6.10 Å². The zero-order valence-electron chi connectivity index (χ0n) is 10.0. The van der Waals surface area contributed by atoms with E-state index in [-0.39, 0.29) is 5.84 Å². The summed E-state index contributed by atoms with van der Waals surface area (Å²) >= 11 is 0. The van der Waals surface area contributed by atoms with Gasteiger partial charge in [0, 0.05) is 5.56 Å². The number of carboxylic acids is 1. The first-order valence-electron chi connectivity index (χ1n) is 5.57. The minimum atomic E-state index is -1.02. The SMILES string of the molecule is CCCC(Oc1cccc(C(=N)NO)c1)C(=O)O. The number of hydrogen-bond donors (Lipinski definition) is 4. The molecule has 6 nitrogen and oxygen atoms in total. The third kappa shape index (κ3) is 3.74. The molecule has 0 aliphatic rings. The van der Waals surface area contributed by atoms with E-state index in [1.807, 2.05) is 6.92 Å². The molecule has 1 atom stereocenters. The van der Waals surface area contributed by atoms with Crippen molar-refractivity contribution in [3.63, 3.8) is 0 Å². The predicted octanol–water partition coefficient (Wildman–Crippen LogP) is 1.62. The van der Waals surface area contributed by atoms with Crippen molar-refractivity contribution in [2.75, 3.05) is 0 Å². The van der Waals surface area contributed by atoms with Crippen molar-refractivity contribution in [2.45, 2.75) is 25.9 Å². The highest BCUT2D eigenvalue weighted by Crippen LogP contribution is 2.16. The molecule has 0 saturated carbocycles. The largest absolute Gasteiger partial charge is 0.479 e. The first-order chi connectivity index (χ1) is 8.58. The number of carboxylic acid groups (broad SMARTS) is 1. The maximum Gasteiger partial charge on any atom is 0.344 e.